The van der Waals surface area contributed by atoms with Gasteiger partial charge in [0, 0.05) is 11.4 Å². The van der Waals surface area contributed by atoms with Gasteiger partial charge < -0.3 is 11.5 Å². The molecule has 0 aliphatic heterocycles. The van der Waals surface area contributed by atoms with E-state index in [1.807, 2.05) is 6.92 Å². The van der Waals surface area contributed by atoms with Crippen molar-refractivity contribution in [3.63, 3.8) is 0 Å². The first-order valence-corrected chi connectivity index (χ1v) is 6.55. The first kappa shape index (κ1) is 13.9. The molecule has 17 heavy (non-hydrogen) atoms. The van der Waals surface area contributed by atoms with E-state index in [1.54, 1.807) is 0 Å². The van der Waals surface area contributed by atoms with Gasteiger partial charge in [0.1, 0.15) is 0 Å². The van der Waals surface area contributed by atoms with Gasteiger partial charge in [0.15, 0.2) is 0 Å². The molecule has 96 valence electrons. The van der Waals surface area contributed by atoms with Crippen LogP contribution >= 0.6 is 0 Å². The van der Waals surface area contributed by atoms with Crippen molar-refractivity contribution in [2.24, 2.45) is 5.92 Å². The number of nitrogen functional groups attached to an aromatic ring is 2. The topological polar surface area (TPSA) is 52.0 Å². The summed E-state index contributed by atoms with van der Waals surface area (Å²) in [5, 5.41) is 0. The van der Waals surface area contributed by atoms with Crippen LogP contribution in [-0.4, -0.2) is 0 Å². The van der Waals surface area contributed by atoms with Gasteiger partial charge >= 0.3 is 0 Å². The molecule has 4 N–H and O–H groups in total. The third kappa shape index (κ3) is 2.93. The second kappa shape index (κ2) is 5.44. The fourth-order valence-electron chi connectivity index (χ4n) is 2.57. The van der Waals surface area contributed by atoms with Crippen molar-refractivity contribution >= 4 is 11.4 Å². The number of benzene rings is 1. The van der Waals surface area contributed by atoms with Crippen LogP contribution in [0.4, 0.5) is 11.4 Å². The van der Waals surface area contributed by atoms with Crippen LogP contribution in [0.2, 0.25) is 0 Å². The van der Waals surface area contributed by atoms with Crippen molar-refractivity contribution in [3.05, 3.63) is 22.8 Å². The molecule has 1 aromatic rings. The normalized spacial score (nSPS) is 13.1. The van der Waals surface area contributed by atoms with Crippen molar-refractivity contribution in [2.75, 3.05) is 11.5 Å². The number of hydrogen-bond acceptors (Lipinski definition) is 2. The summed E-state index contributed by atoms with van der Waals surface area (Å²) in [5.41, 5.74) is 17.6. The van der Waals surface area contributed by atoms with Crippen LogP contribution in [0, 0.1) is 12.8 Å². The second-order valence-corrected chi connectivity index (χ2v) is 5.46. The molecule has 0 saturated heterocycles. The van der Waals surface area contributed by atoms with Gasteiger partial charge in [0.2, 0.25) is 0 Å². The van der Waals surface area contributed by atoms with Gasteiger partial charge in [-0.15, -0.1) is 0 Å². The highest BCUT2D eigenvalue weighted by atomic mass is 14.6. The standard InChI is InChI=1S/C15H26N2/c1-6-12-13(10(4)7-9(2)3)8-14(16)11(5)15(12)17/h8-10H,6-7,16-17H2,1-5H3. The fourth-order valence-corrected chi connectivity index (χ4v) is 2.57. The SMILES string of the molecule is CCc1c(C(C)CC(C)C)cc(N)c(C)c1N. The number of rotatable bonds is 4. The van der Waals surface area contributed by atoms with Gasteiger partial charge in [-0.2, -0.15) is 0 Å². The Morgan fingerprint density at radius 3 is 2.24 bits per heavy atom. The van der Waals surface area contributed by atoms with Gasteiger partial charge in [0.05, 0.1) is 0 Å². The van der Waals surface area contributed by atoms with Crippen LogP contribution in [-0.2, 0) is 6.42 Å². The Hall–Kier alpha value is -1.18. The fraction of sp³-hybridized carbons (Fsp3) is 0.600. The lowest BCUT2D eigenvalue weighted by Gasteiger charge is -2.21. The van der Waals surface area contributed by atoms with Gasteiger partial charge in [-0.3, -0.25) is 0 Å². The first-order chi connectivity index (χ1) is 7.88. The van der Waals surface area contributed by atoms with Crippen LogP contribution < -0.4 is 11.5 Å². The van der Waals surface area contributed by atoms with Gasteiger partial charge in [0.25, 0.3) is 0 Å². The summed E-state index contributed by atoms with van der Waals surface area (Å²) < 4.78 is 0. The van der Waals surface area contributed by atoms with Crippen LogP contribution in [0.25, 0.3) is 0 Å². The molecular weight excluding hydrogens is 208 g/mol. The number of anilines is 2. The predicted molar refractivity (Wildman–Crippen MR) is 77.3 cm³/mol. The zero-order valence-electron chi connectivity index (χ0n) is 11.8. The highest BCUT2D eigenvalue weighted by Crippen LogP contribution is 2.34. The summed E-state index contributed by atoms with van der Waals surface area (Å²) in [6, 6.07) is 2.12. The molecule has 2 heteroatoms. The molecular formula is C15H26N2. The molecule has 1 unspecified atom stereocenters. The van der Waals surface area contributed by atoms with E-state index in [9.17, 15) is 0 Å². The Labute approximate surface area is 105 Å². The molecule has 0 aliphatic rings. The molecule has 0 saturated carbocycles. The summed E-state index contributed by atoms with van der Waals surface area (Å²) in [4.78, 5) is 0. The lowest BCUT2D eigenvalue weighted by Crippen LogP contribution is -2.08. The quantitative estimate of drug-likeness (QED) is 0.777. The molecule has 0 aromatic heterocycles. The van der Waals surface area contributed by atoms with Crippen LogP contribution in [0.1, 0.15) is 56.7 Å². The van der Waals surface area contributed by atoms with Crippen molar-refractivity contribution in [1.29, 1.82) is 0 Å². The summed E-state index contributed by atoms with van der Waals surface area (Å²) in [5.74, 6) is 1.22. The van der Waals surface area contributed by atoms with Crippen molar-refractivity contribution in [1.82, 2.24) is 0 Å². The molecule has 1 rings (SSSR count). The van der Waals surface area contributed by atoms with E-state index in [0.717, 1.165) is 23.4 Å². The third-order valence-electron chi connectivity index (χ3n) is 3.53. The zero-order valence-corrected chi connectivity index (χ0v) is 11.8. The van der Waals surface area contributed by atoms with E-state index in [-0.39, 0.29) is 0 Å². The molecule has 0 radical (unpaired) electrons. The Morgan fingerprint density at radius 2 is 1.76 bits per heavy atom. The van der Waals surface area contributed by atoms with E-state index in [2.05, 4.69) is 33.8 Å². The average molecular weight is 234 g/mol. The Morgan fingerprint density at radius 1 is 1.18 bits per heavy atom. The largest absolute Gasteiger partial charge is 0.398 e. The Kier molecular flexibility index (Phi) is 4.44. The second-order valence-electron chi connectivity index (χ2n) is 5.46. The van der Waals surface area contributed by atoms with E-state index < -0.39 is 0 Å². The van der Waals surface area contributed by atoms with Gasteiger partial charge in [-0.25, -0.2) is 0 Å². The van der Waals surface area contributed by atoms with Crippen LogP contribution in [0.15, 0.2) is 6.07 Å². The van der Waals surface area contributed by atoms with Gasteiger partial charge in [-0.05, 0) is 54.4 Å². The minimum atomic E-state index is 0.523. The van der Waals surface area contributed by atoms with E-state index in [1.165, 1.54) is 17.5 Å². The molecule has 2 nitrogen and oxygen atoms in total. The molecule has 1 aromatic carbocycles. The predicted octanol–water partition coefficient (Wildman–Crippen LogP) is 3.87. The van der Waals surface area contributed by atoms with E-state index in [0.29, 0.717) is 11.8 Å². The van der Waals surface area contributed by atoms with Gasteiger partial charge in [-0.1, -0.05) is 27.7 Å². The molecule has 1 atom stereocenters. The lowest BCUT2D eigenvalue weighted by atomic mass is 9.86. The number of nitrogens with two attached hydrogens (primary N) is 2. The molecule has 0 bridgehead atoms. The molecule has 0 spiro atoms. The monoisotopic (exact) mass is 234 g/mol. The van der Waals surface area contributed by atoms with E-state index >= 15 is 0 Å². The number of hydrogen-bond donors (Lipinski definition) is 2. The first-order valence-electron chi connectivity index (χ1n) is 6.55. The maximum Gasteiger partial charge on any atom is 0.0399 e. The van der Waals surface area contributed by atoms with E-state index in [4.69, 9.17) is 11.5 Å². The Bertz CT molecular complexity index is 394. The average Bonchev–Trinajstić information content (AvgIpc) is 2.24. The molecule has 0 heterocycles. The molecule has 0 amide bonds. The third-order valence-corrected chi connectivity index (χ3v) is 3.53. The molecule has 0 fully saturated rings. The minimum absolute atomic E-state index is 0.523. The summed E-state index contributed by atoms with van der Waals surface area (Å²) in [6.07, 6.45) is 2.15. The van der Waals surface area contributed by atoms with Crippen LogP contribution in [0.3, 0.4) is 0 Å². The van der Waals surface area contributed by atoms with Crippen molar-refractivity contribution in [3.8, 4) is 0 Å². The minimum Gasteiger partial charge on any atom is -0.398 e. The molecule has 0 aliphatic carbocycles. The summed E-state index contributed by atoms with van der Waals surface area (Å²) in [7, 11) is 0. The van der Waals surface area contributed by atoms with Crippen molar-refractivity contribution in [2.45, 2.75) is 53.4 Å². The van der Waals surface area contributed by atoms with Crippen LogP contribution in [0.5, 0.6) is 0 Å². The lowest BCUT2D eigenvalue weighted by molar-refractivity contribution is 0.522. The highest BCUT2D eigenvalue weighted by Gasteiger charge is 2.16. The maximum absolute atomic E-state index is 6.18. The summed E-state index contributed by atoms with van der Waals surface area (Å²) in [6.45, 7) is 10.9. The van der Waals surface area contributed by atoms with Crippen molar-refractivity contribution < 1.29 is 0 Å². The summed E-state index contributed by atoms with van der Waals surface area (Å²) >= 11 is 0. The Balaban J connectivity index is 3.23. The maximum atomic E-state index is 6.18. The smallest absolute Gasteiger partial charge is 0.0399 e. The highest BCUT2D eigenvalue weighted by molar-refractivity contribution is 5.68. The zero-order chi connectivity index (χ0) is 13.2.